The van der Waals surface area contributed by atoms with Crippen LogP contribution in [0.25, 0.3) is 11.3 Å². The second-order valence-electron chi connectivity index (χ2n) is 7.54. The topological polar surface area (TPSA) is 68.7 Å². The first-order chi connectivity index (χ1) is 22.0. The Hall–Kier alpha value is -3.26. The number of hydrogen-bond acceptors (Lipinski definition) is 7. The van der Waals surface area contributed by atoms with Crippen molar-refractivity contribution in [1.82, 2.24) is 14.9 Å². The van der Waals surface area contributed by atoms with Gasteiger partial charge in [0.15, 0.2) is 0 Å². The number of anilines is 2. The predicted octanol–water partition coefficient (Wildman–Crippen LogP) is 4.96. The molecule has 2 aliphatic rings. The first-order valence-corrected chi connectivity index (χ1v) is 10.9. The first kappa shape index (κ1) is 12.6. The van der Waals surface area contributed by atoms with Gasteiger partial charge in [0.05, 0.1) is 44.3 Å². The maximum absolute atomic E-state index is 8.48. The third kappa shape index (κ3) is 6.66. The van der Waals surface area contributed by atoms with E-state index in [0.29, 0.717) is 17.3 Å². The molecule has 5 rings (SSSR count). The Bertz CT molecular complexity index is 1690. The fourth-order valence-electron chi connectivity index (χ4n) is 3.33. The van der Waals surface area contributed by atoms with Crippen LogP contribution in [0.5, 0.6) is 5.75 Å². The molecule has 1 N–H and O–H groups in total. The average molecular weight is 486 g/mol. The molecule has 6 bridgehead atoms. The summed E-state index contributed by atoms with van der Waals surface area (Å²) >= 11 is 0. The second-order valence-corrected chi connectivity index (χ2v) is 7.54. The molecule has 3 heterocycles. The number of likely N-dealkylation sites (tertiary alicyclic amines) is 1. The molecule has 0 unspecified atom stereocenters. The third-order valence-corrected chi connectivity index (χ3v) is 5.03. The average Bonchev–Trinajstić information content (AvgIpc) is 3.15. The Morgan fingerprint density at radius 2 is 1.97 bits per heavy atom. The van der Waals surface area contributed by atoms with Crippen LogP contribution >= 0.6 is 0 Å². The Kier molecular flexibility index (Phi) is 4.30. The van der Waals surface area contributed by atoms with Crippen molar-refractivity contribution < 1.29 is 32.0 Å². The van der Waals surface area contributed by atoms with E-state index in [1.807, 2.05) is 0 Å². The molecular weight excluding hydrogens is 440 g/mol. The summed E-state index contributed by atoms with van der Waals surface area (Å²) in [6, 6.07) is 11.6. The van der Waals surface area contributed by atoms with E-state index in [9.17, 15) is 0 Å². The van der Waals surface area contributed by atoms with Crippen molar-refractivity contribution in [3.63, 3.8) is 0 Å². The van der Waals surface area contributed by atoms with Crippen LogP contribution in [-0.4, -0.2) is 54.2 Å². The fourth-order valence-corrected chi connectivity index (χ4v) is 3.33. The molecule has 1 saturated heterocycles. The van der Waals surface area contributed by atoms with Gasteiger partial charge in [-0.1, -0.05) is 30.4 Å². The van der Waals surface area contributed by atoms with Crippen molar-refractivity contribution in [3.8, 4) is 17.0 Å². The lowest BCUT2D eigenvalue weighted by atomic mass is 10.1. The zero-order valence-corrected chi connectivity index (χ0v) is 18.7. The zero-order valence-electron chi connectivity index (χ0n) is 31.7. The van der Waals surface area contributed by atoms with E-state index in [0.717, 1.165) is 6.08 Å². The quantitative estimate of drug-likeness (QED) is 0.524. The highest BCUT2D eigenvalue weighted by atomic mass is 16.5. The number of aromatic nitrogens is 2. The van der Waals surface area contributed by atoms with E-state index >= 15 is 0 Å². The zero-order chi connectivity index (χ0) is 35.3. The Balaban J connectivity index is 1.52. The fraction of sp³-hybridized carbons (Fsp3) is 0.357. The monoisotopic (exact) mass is 485 g/mol. The highest BCUT2D eigenvalue weighted by Gasteiger charge is 2.13. The molecule has 0 radical (unpaired) electrons. The van der Waals surface area contributed by atoms with Crippen LogP contribution in [0.4, 0.5) is 11.6 Å². The van der Waals surface area contributed by atoms with Crippen molar-refractivity contribution in [2.45, 2.75) is 25.9 Å². The molecule has 7 nitrogen and oxygen atoms in total. The van der Waals surface area contributed by atoms with Gasteiger partial charge in [0.2, 0.25) is 5.95 Å². The van der Waals surface area contributed by atoms with E-state index < -0.39 is 52.1 Å². The lowest BCUT2D eigenvalue weighted by Gasteiger charge is -2.17. The van der Waals surface area contributed by atoms with Crippen LogP contribution in [0.3, 0.4) is 0 Å². The largest absolute Gasteiger partial charge is 0.492 e. The normalized spacial score (nSPS) is 30.8. The lowest BCUT2D eigenvalue weighted by Crippen LogP contribution is -2.25. The second kappa shape index (κ2) is 11.9. The molecular formula is C28H32N4O3. The minimum Gasteiger partial charge on any atom is -0.492 e. The molecule has 182 valence electrons. The van der Waals surface area contributed by atoms with Crippen LogP contribution in [0.1, 0.15) is 41.7 Å². The van der Waals surface area contributed by atoms with E-state index in [1.165, 1.54) is 47.4 Å². The Morgan fingerprint density at radius 3 is 2.89 bits per heavy atom. The predicted molar refractivity (Wildman–Crippen MR) is 137 cm³/mol. The summed E-state index contributed by atoms with van der Waals surface area (Å²) in [5, 5.41) is 2.96. The summed E-state index contributed by atoms with van der Waals surface area (Å²) in [6.07, 6.45) is -3.16. The summed E-state index contributed by atoms with van der Waals surface area (Å²) in [4.78, 5) is 9.82. The molecule has 2 aromatic carbocycles. The van der Waals surface area contributed by atoms with Gasteiger partial charge in [-0.05, 0) is 61.7 Å². The highest BCUT2D eigenvalue weighted by molar-refractivity contribution is 5.63. The van der Waals surface area contributed by atoms with Crippen LogP contribution in [0.15, 0.2) is 66.9 Å². The number of ether oxygens (including phenoxy) is 3. The van der Waals surface area contributed by atoms with Gasteiger partial charge in [0.1, 0.15) is 12.3 Å². The number of nitrogens with one attached hydrogen (secondary N) is 1. The van der Waals surface area contributed by atoms with E-state index in [1.54, 1.807) is 6.07 Å². The van der Waals surface area contributed by atoms with Crippen molar-refractivity contribution >= 4 is 11.6 Å². The van der Waals surface area contributed by atoms with E-state index in [-0.39, 0.29) is 47.8 Å². The molecule has 0 spiro atoms. The van der Waals surface area contributed by atoms with Gasteiger partial charge in [0, 0.05) is 35.0 Å². The molecule has 3 aromatic rings. The van der Waals surface area contributed by atoms with Crippen molar-refractivity contribution in [3.05, 3.63) is 78.0 Å². The smallest absolute Gasteiger partial charge is 0.227 e. The number of hydrogen-bond donors (Lipinski definition) is 1. The Labute approximate surface area is 225 Å². The van der Waals surface area contributed by atoms with Gasteiger partial charge in [-0.3, -0.25) is 4.90 Å². The molecule has 1 aromatic heterocycles. The summed E-state index contributed by atoms with van der Waals surface area (Å²) in [7, 11) is 0. The van der Waals surface area contributed by atoms with E-state index in [2.05, 4.69) is 15.3 Å². The molecule has 0 amide bonds. The van der Waals surface area contributed by atoms with Crippen LogP contribution < -0.4 is 10.1 Å². The standard InChI is InChI=1S/C28H32N4O3/c1-2-13-32(12-1)14-17-35-27-9-8-25-19-24(27)21-34-16-4-3-15-33-20-22-6-5-7-23(18-22)26-10-11-29-28(30-25)31-26/h3-11,18-19H,1-2,12-17,20-21H2,(H,29,30,31)/b4-3+/i1D2,2D2,11D,15D2,16D2,17D2,20D2. The van der Waals surface area contributed by atoms with Gasteiger partial charge in [-0.2, -0.15) is 0 Å². The summed E-state index contributed by atoms with van der Waals surface area (Å²) < 4.78 is 123. The molecule has 0 saturated carbocycles. The van der Waals surface area contributed by atoms with Gasteiger partial charge >= 0.3 is 0 Å². The minimum absolute atomic E-state index is 0.0219. The molecule has 0 aliphatic carbocycles. The SMILES string of the molecule is [2H]c1cc2nc(n1)Nc1ccc(OC([2H])([2H])CN3CC([2H])([2H])C([2H])([2H])C3)c(c1)COC([2H])([2H])/C=C/C([2H])([2H])OC([2H])([2H])c1cccc-2c1. The van der Waals surface area contributed by atoms with Crippen molar-refractivity contribution in [2.75, 3.05) is 44.6 Å². The lowest BCUT2D eigenvalue weighted by molar-refractivity contribution is 0.138. The maximum Gasteiger partial charge on any atom is 0.227 e. The van der Waals surface area contributed by atoms with Crippen LogP contribution in [0.2, 0.25) is 0 Å². The van der Waals surface area contributed by atoms with Gasteiger partial charge in [-0.15, -0.1) is 0 Å². The van der Waals surface area contributed by atoms with Crippen LogP contribution in [-0.2, 0) is 22.6 Å². The van der Waals surface area contributed by atoms with Gasteiger partial charge in [-0.25, -0.2) is 9.97 Å². The molecule has 7 heteroatoms. The molecule has 35 heavy (non-hydrogen) atoms. The summed E-state index contributed by atoms with van der Waals surface area (Å²) in [6.45, 7) is -12.3. The highest BCUT2D eigenvalue weighted by Crippen LogP contribution is 2.26. The molecule has 0 atom stereocenters. The van der Waals surface area contributed by atoms with Crippen molar-refractivity contribution in [1.29, 1.82) is 0 Å². The van der Waals surface area contributed by atoms with Gasteiger partial charge in [0.25, 0.3) is 0 Å². The van der Waals surface area contributed by atoms with Gasteiger partial charge < -0.3 is 19.5 Å². The first-order valence-electron chi connectivity index (χ1n) is 17.4. The molecule has 1 fully saturated rings. The summed E-state index contributed by atoms with van der Waals surface area (Å²) in [5.74, 6) is -0.101. The number of nitrogens with zero attached hydrogens (tertiary/aromatic N) is 3. The van der Waals surface area contributed by atoms with E-state index in [4.69, 9.17) is 32.0 Å². The Morgan fingerprint density at radius 1 is 1.09 bits per heavy atom. The molecule has 2 aliphatic heterocycles. The van der Waals surface area contributed by atoms with Crippen molar-refractivity contribution in [2.24, 2.45) is 0 Å². The number of rotatable bonds is 4. The minimum atomic E-state index is -2.80. The van der Waals surface area contributed by atoms with Crippen LogP contribution in [0, 0.1) is 0 Å². The third-order valence-electron chi connectivity index (χ3n) is 5.03. The number of fused-ring (bicyclic) bond motifs is 7. The maximum atomic E-state index is 8.48. The number of benzene rings is 2. The summed E-state index contributed by atoms with van der Waals surface area (Å²) in [5.41, 5.74) is 1.02.